The van der Waals surface area contributed by atoms with E-state index in [1.54, 1.807) is 7.11 Å². The molecule has 0 aliphatic rings. The molecule has 2 atom stereocenters. The van der Waals surface area contributed by atoms with E-state index in [9.17, 15) is 9.46 Å². The minimum absolute atomic E-state index is 0.0472. The molecule has 0 saturated heterocycles. The molecule has 0 aromatic heterocycles. The van der Waals surface area contributed by atoms with E-state index in [0.717, 1.165) is 19.3 Å². The lowest BCUT2D eigenvalue weighted by molar-refractivity contribution is -0.870. The number of unbranched alkanes of at least 4 members (excludes halogenated alkanes) is 13. The summed E-state index contributed by atoms with van der Waals surface area (Å²) in [5.41, 5.74) is 0. The van der Waals surface area contributed by atoms with Gasteiger partial charge in [0, 0.05) is 13.7 Å². The Morgan fingerprint density at radius 1 is 0.692 bits per heavy atom. The number of hydrogen-bond donors (Lipinski definition) is 1. The first-order valence-electron chi connectivity index (χ1n) is 15.5. The Kier molecular flexibility index (Phi) is 26.0. The van der Waals surface area contributed by atoms with Gasteiger partial charge in [-0.25, -0.2) is 4.57 Å². The molecule has 0 aliphatic carbocycles. The lowest BCUT2D eigenvalue weighted by Gasteiger charge is -2.24. The van der Waals surface area contributed by atoms with E-state index in [4.69, 9.17) is 18.5 Å². The van der Waals surface area contributed by atoms with Gasteiger partial charge in [-0.15, -0.1) is 0 Å². The largest absolute Gasteiger partial charge is 0.472 e. The summed E-state index contributed by atoms with van der Waals surface area (Å²) in [5, 5.41) is 0. The van der Waals surface area contributed by atoms with Crippen LogP contribution in [-0.4, -0.2) is 76.7 Å². The van der Waals surface area contributed by atoms with E-state index in [-0.39, 0.29) is 13.2 Å². The average molecular weight is 577 g/mol. The van der Waals surface area contributed by atoms with E-state index in [2.05, 4.69) is 31.2 Å². The second-order valence-electron chi connectivity index (χ2n) is 11.5. The fraction of sp³-hybridized carbons (Fsp3) is 0.871. The van der Waals surface area contributed by atoms with Gasteiger partial charge in [-0.05, 0) is 51.4 Å². The second-order valence-corrected chi connectivity index (χ2v) is 13.0. The molecule has 0 aromatic carbocycles. The number of phosphoric ester groups is 1. The van der Waals surface area contributed by atoms with E-state index in [1.807, 2.05) is 21.1 Å². The van der Waals surface area contributed by atoms with Crippen molar-refractivity contribution in [2.45, 2.75) is 116 Å². The molecule has 7 nitrogen and oxygen atoms in total. The first-order chi connectivity index (χ1) is 18.7. The molecule has 1 unspecified atom stereocenters. The molecule has 232 valence electrons. The molecule has 1 N–H and O–H groups in total. The summed E-state index contributed by atoms with van der Waals surface area (Å²) in [6, 6.07) is 0. The fourth-order valence-electron chi connectivity index (χ4n) is 3.89. The van der Waals surface area contributed by atoms with Gasteiger partial charge in [0.05, 0.1) is 34.4 Å². The van der Waals surface area contributed by atoms with Crippen molar-refractivity contribution in [2.24, 2.45) is 0 Å². The van der Waals surface area contributed by atoms with Crippen molar-refractivity contribution in [1.29, 1.82) is 0 Å². The minimum atomic E-state index is -4.08. The quantitative estimate of drug-likeness (QED) is 0.0418. The van der Waals surface area contributed by atoms with Gasteiger partial charge in [0.2, 0.25) is 0 Å². The van der Waals surface area contributed by atoms with E-state index in [1.165, 1.54) is 83.5 Å². The molecule has 0 aromatic rings. The summed E-state index contributed by atoms with van der Waals surface area (Å²) < 4.78 is 33.7. The highest BCUT2D eigenvalue weighted by molar-refractivity contribution is 7.47. The molecule has 0 heterocycles. The average Bonchev–Trinajstić information content (AvgIpc) is 2.88. The van der Waals surface area contributed by atoms with E-state index < -0.39 is 13.9 Å². The number of rotatable bonds is 29. The highest BCUT2D eigenvalue weighted by atomic mass is 31.2. The van der Waals surface area contributed by atoms with Gasteiger partial charge in [-0.3, -0.25) is 9.05 Å². The van der Waals surface area contributed by atoms with Crippen LogP contribution in [0.5, 0.6) is 0 Å². The molecular weight excluding hydrogens is 513 g/mol. The Bertz CT molecular complexity index is 635. The van der Waals surface area contributed by atoms with Gasteiger partial charge in [0.15, 0.2) is 0 Å². The first-order valence-corrected chi connectivity index (χ1v) is 17.0. The highest BCUT2D eigenvalue weighted by Crippen LogP contribution is 2.43. The minimum Gasteiger partial charge on any atom is -0.379 e. The number of allylic oxidation sites excluding steroid dienone is 4. The molecule has 0 saturated carbocycles. The maximum absolute atomic E-state index is 12.0. The van der Waals surface area contributed by atoms with Gasteiger partial charge in [-0.1, -0.05) is 82.6 Å². The number of methoxy groups -OCH3 is 1. The Balaban J connectivity index is 3.52. The Morgan fingerprint density at radius 2 is 1.18 bits per heavy atom. The van der Waals surface area contributed by atoms with Gasteiger partial charge in [0.1, 0.15) is 19.3 Å². The number of phosphoric acid groups is 1. The molecule has 0 amide bonds. The van der Waals surface area contributed by atoms with Crippen LogP contribution < -0.4 is 0 Å². The van der Waals surface area contributed by atoms with Gasteiger partial charge in [-0.2, -0.15) is 0 Å². The van der Waals surface area contributed by atoms with E-state index in [0.29, 0.717) is 24.2 Å². The number of hydrogen-bond acceptors (Lipinski definition) is 5. The Labute approximate surface area is 241 Å². The van der Waals surface area contributed by atoms with Gasteiger partial charge >= 0.3 is 7.82 Å². The maximum Gasteiger partial charge on any atom is 0.472 e. The first kappa shape index (κ1) is 38.5. The molecule has 39 heavy (non-hydrogen) atoms. The van der Waals surface area contributed by atoms with Crippen LogP contribution in [0.25, 0.3) is 0 Å². The van der Waals surface area contributed by atoms with Gasteiger partial charge in [0.25, 0.3) is 0 Å². The van der Waals surface area contributed by atoms with Crippen LogP contribution in [0.2, 0.25) is 0 Å². The monoisotopic (exact) mass is 576 g/mol. The van der Waals surface area contributed by atoms with Crippen molar-refractivity contribution in [3.63, 3.8) is 0 Å². The summed E-state index contributed by atoms with van der Waals surface area (Å²) in [5.74, 6) is 0. The zero-order valence-electron chi connectivity index (χ0n) is 26.1. The summed E-state index contributed by atoms with van der Waals surface area (Å²) >= 11 is 0. The van der Waals surface area contributed by atoms with Crippen LogP contribution in [0.15, 0.2) is 24.3 Å². The lowest BCUT2D eigenvalue weighted by Crippen LogP contribution is -2.37. The second kappa shape index (κ2) is 26.4. The Hall–Kier alpha value is -0.530. The molecule has 0 radical (unpaired) electrons. The third kappa shape index (κ3) is 30.3. The molecule has 0 spiro atoms. The zero-order valence-corrected chi connectivity index (χ0v) is 27.0. The normalized spacial score (nSPS) is 14.9. The highest BCUT2D eigenvalue weighted by Gasteiger charge is 2.24. The smallest absolute Gasteiger partial charge is 0.379 e. The molecule has 0 aliphatic heterocycles. The topological polar surface area (TPSA) is 74.2 Å². The SMILES string of the molecule is CCCCC=CCCCCCCCCCCC=CCCCCOC[C@H](COP(=O)(O)OCC[N+](C)(C)C)OC. The number of quaternary nitrogens is 1. The number of likely N-dealkylation sites (N-methyl/N-ethyl adjacent to an activating group) is 1. The van der Waals surface area contributed by atoms with Gasteiger partial charge < -0.3 is 18.9 Å². The summed E-state index contributed by atoms with van der Waals surface area (Å²) in [4.78, 5) is 9.81. The van der Waals surface area contributed by atoms with Crippen molar-refractivity contribution < 1.29 is 32.5 Å². The number of ether oxygens (including phenoxy) is 2. The Morgan fingerprint density at radius 3 is 1.67 bits per heavy atom. The third-order valence-electron chi connectivity index (χ3n) is 6.54. The summed E-state index contributed by atoms with van der Waals surface area (Å²) in [7, 11) is 3.42. The lowest BCUT2D eigenvalue weighted by atomic mass is 10.1. The van der Waals surface area contributed by atoms with Crippen LogP contribution in [0.4, 0.5) is 0 Å². The van der Waals surface area contributed by atoms with Crippen LogP contribution in [0.3, 0.4) is 0 Å². The number of nitrogens with zero attached hydrogens (tertiary/aromatic N) is 1. The molecular formula is C31H63NO6P+. The van der Waals surface area contributed by atoms with Crippen molar-refractivity contribution >= 4 is 7.82 Å². The third-order valence-corrected chi connectivity index (χ3v) is 7.52. The van der Waals surface area contributed by atoms with Crippen LogP contribution in [0, 0.1) is 0 Å². The van der Waals surface area contributed by atoms with Crippen molar-refractivity contribution in [3.8, 4) is 0 Å². The predicted octanol–water partition coefficient (Wildman–Crippen LogP) is 8.23. The zero-order chi connectivity index (χ0) is 29.1. The summed E-state index contributed by atoms with van der Waals surface area (Å²) in [6.07, 6.45) is 29.3. The van der Waals surface area contributed by atoms with Crippen molar-refractivity contribution in [2.75, 3.05) is 61.2 Å². The van der Waals surface area contributed by atoms with Crippen LogP contribution in [-0.2, 0) is 23.1 Å². The standard InChI is InChI=1S/C31H62NO6P/c1-6-7-8-9-10-11-12-13-14-15-16-17-18-19-20-21-22-23-24-25-27-36-29-31(35-5)30-38-39(33,34)37-28-26-32(2,3)4/h9-10,21-22,31H,6-8,11-20,23-30H2,1-5H3/p+1/t31-/m1/s1. The van der Waals surface area contributed by atoms with Crippen molar-refractivity contribution in [1.82, 2.24) is 0 Å². The predicted molar refractivity (Wildman–Crippen MR) is 164 cm³/mol. The van der Waals surface area contributed by atoms with Crippen LogP contribution >= 0.6 is 7.82 Å². The van der Waals surface area contributed by atoms with Crippen LogP contribution in [0.1, 0.15) is 110 Å². The molecule has 0 fully saturated rings. The fourth-order valence-corrected chi connectivity index (χ4v) is 4.63. The molecule has 0 bridgehead atoms. The molecule has 0 rings (SSSR count). The maximum atomic E-state index is 12.0. The van der Waals surface area contributed by atoms with Crippen molar-refractivity contribution in [3.05, 3.63) is 24.3 Å². The van der Waals surface area contributed by atoms with E-state index >= 15 is 0 Å². The summed E-state index contributed by atoms with van der Waals surface area (Å²) in [6.45, 7) is 3.92. The molecule has 8 heteroatoms.